The van der Waals surface area contributed by atoms with Gasteiger partial charge in [-0.1, -0.05) is 18.3 Å². The number of para-hydroxylation sites is 1. The predicted molar refractivity (Wildman–Crippen MR) is 74.7 cm³/mol. The van der Waals surface area contributed by atoms with E-state index in [1.807, 2.05) is 18.2 Å². The lowest BCUT2D eigenvalue weighted by Crippen LogP contribution is -2.21. The first-order valence-electron chi connectivity index (χ1n) is 5.86. The molecule has 0 aromatic heterocycles. The van der Waals surface area contributed by atoms with Crippen LogP contribution in [-0.4, -0.2) is 32.4 Å². The summed E-state index contributed by atoms with van der Waals surface area (Å²) < 4.78 is 16.0. The standard InChI is InChI=1S/C13H17NO3S/c1-15-10-4-3-5-11(16-2)12(10)14-13(18)9-6-7-17-8-9/h3-5,9H,6-8H2,1-2H3,(H,14,18)/t9-/m1/s1. The number of nitrogens with one attached hydrogen (secondary N) is 1. The Morgan fingerprint density at radius 2 is 2.00 bits per heavy atom. The maximum absolute atomic E-state index is 5.41. The summed E-state index contributed by atoms with van der Waals surface area (Å²) in [4.78, 5) is 0.773. The molecule has 1 saturated heterocycles. The van der Waals surface area contributed by atoms with Gasteiger partial charge in [0.15, 0.2) is 0 Å². The van der Waals surface area contributed by atoms with Gasteiger partial charge in [-0.15, -0.1) is 0 Å². The van der Waals surface area contributed by atoms with Crippen molar-refractivity contribution >= 4 is 22.9 Å². The molecule has 0 saturated carbocycles. The van der Waals surface area contributed by atoms with Gasteiger partial charge in [-0.05, 0) is 18.6 Å². The van der Waals surface area contributed by atoms with E-state index in [0.29, 0.717) is 6.61 Å². The van der Waals surface area contributed by atoms with Gasteiger partial charge in [0, 0.05) is 12.5 Å². The van der Waals surface area contributed by atoms with Crippen molar-refractivity contribution in [3.05, 3.63) is 18.2 Å². The highest BCUT2D eigenvalue weighted by molar-refractivity contribution is 7.80. The van der Waals surface area contributed by atoms with Crippen LogP contribution in [0.1, 0.15) is 6.42 Å². The van der Waals surface area contributed by atoms with Crippen LogP contribution in [0.5, 0.6) is 11.5 Å². The fourth-order valence-electron chi connectivity index (χ4n) is 1.94. The zero-order valence-electron chi connectivity index (χ0n) is 10.6. The number of ether oxygens (including phenoxy) is 3. The molecule has 1 aromatic rings. The second-order valence-electron chi connectivity index (χ2n) is 4.09. The van der Waals surface area contributed by atoms with E-state index in [4.69, 9.17) is 26.4 Å². The van der Waals surface area contributed by atoms with Crippen LogP contribution in [0.25, 0.3) is 0 Å². The molecule has 0 bridgehead atoms. The number of thiocarbonyl (C=S) groups is 1. The highest BCUT2D eigenvalue weighted by Gasteiger charge is 2.22. The average molecular weight is 267 g/mol. The fraction of sp³-hybridized carbons (Fsp3) is 0.462. The molecular weight excluding hydrogens is 250 g/mol. The summed E-state index contributed by atoms with van der Waals surface area (Å²) in [6, 6.07) is 5.63. The monoisotopic (exact) mass is 267 g/mol. The zero-order chi connectivity index (χ0) is 13.0. The van der Waals surface area contributed by atoms with Gasteiger partial charge in [-0.3, -0.25) is 0 Å². The van der Waals surface area contributed by atoms with E-state index in [9.17, 15) is 0 Å². The van der Waals surface area contributed by atoms with E-state index in [2.05, 4.69) is 5.32 Å². The molecule has 18 heavy (non-hydrogen) atoms. The number of rotatable bonds is 4. The van der Waals surface area contributed by atoms with Crippen LogP contribution >= 0.6 is 12.2 Å². The Bertz CT molecular complexity index is 408. The third-order valence-corrected chi connectivity index (χ3v) is 3.41. The largest absolute Gasteiger partial charge is 0.494 e. The molecule has 1 aromatic carbocycles. The molecule has 0 aliphatic carbocycles. The molecule has 4 nitrogen and oxygen atoms in total. The van der Waals surface area contributed by atoms with E-state index in [-0.39, 0.29) is 5.92 Å². The van der Waals surface area contributed by atoms with Gasteiger partial charge in [-0.25, -0.2) is 0 Å². The summed E-state index contributed by atoms with van der Waals surface area (Å²) >= 11 is 5.41. The second-order valence-corrected chi connectivity index (χ2v) is 4.53. The van der Waals surface area contributed by atoms with Crippen LogP contribution in [-0.2, 0) is 4.74 Å². The fourth-order valence-corrected chi connectivity index (χ4v) is 2.23. The minimum absolute atomic E-state index is 0.273. The molecule has 0 spiro atoms. The minimum Gasteiger partial charge on any atom is -0.494 e. The van der Waals surface area contributed by atoms with E-state index < -0.39 is 0 Å². The normalized spacial score (nSPS) is 18.4. The maximum atomic E-state index is 5.41. The van der Waals surface area contributed by atoms with Crippen molar-refractivity contribution in [2.75, 3.05) is 32.8 Å². The Hall–Kier alpha value is -1.33. The molecule has 98 valence electrons. The smallest absolute Gasteiger partial charge is 0.146 e. The van der Waals surface area contributed by atoms with Gasteiger partial charge in [0.2, 0.25) is 0 Å². The van der Waals surface area contributed by atoms with Gasteiger partial charge in [0.05, 0.1) is 25.8 Å². The van der Waals surface area contributed by atoms with Crippen LogP contribution < -0.4 is 14.8 Å². The maximum Gasteiger partial charge on any atom is 0.146 e. The third-order valence-electron chi connectivity index (χ3n) is 2.98. The Kier molecular flexibility index (Phi) is 4.38. The lowest BCUT2D eigenvalue weighted by Gasteiger charge is -2.17. The molecule has 2 rings (SSSR count). The van der Waals surface area contributed by atoms with Crippen molar-refractivity contribution < 1.29 is 14.2 Å². The van der Waals surface area contributed by atoms with Gasteiger partial charge in [-0.2, -0.15) is 0 Å². The van der Waals surface area contributed by atoms with Crippen molar-refractivity contribution in [1.82, 2.24) is 0 Å². The summed E-state index contributed by atoms with van der Waals surface area (Å²) in [6.45, 7) is 1.46. The Morgan fingerprint density at radius 1 is 1.33 bits per heavy atom. The van der Waals surface area contributed by atoms with E-state index in [1.165, 1.54) is 0 Å². The molecule has 1 heterocycles. The first-order chi connectivity index (χ1) is 8.76. The molecular formula is C13H17NO3S. The number of methoxy groups -OCH3 is 2. The van der Waals surface area contributed by atoms with E-state index in [1.54, 1.807) is 14.2 Å². The lowest BCUT2D eigenvalue weighted by molar-refractivity contribution is 0.193. The van der Waals surface area contributed by atoms with Gasteiger partial charge in [0.1, 0.15) is 17.2 Å². The molecule has 5 heteroatoms. The van der Waals surface area contributed by atoms with Crippen LogP contribution in [0.2, 0.25) is 0 Å². The summed E-state index contributed by atoms with van der Waals surface area (Å²) in [5.74, 6) is 1.71. The summed E-state index contributed by atoms with van der Waals surface area (Å²) in [5, 5.41) is 3.22. The van der Waals surface area contributed by atoms with Crippen LogP contribution in [0, 0.1) is 5.92 Å². The summed E-state index contributed by atoms with van der Waals surface area (Å²) in [5.41, 5.74) is 0.777. The Labute approximate surface area is 112 Å². The van der Waals surface area contributed by atoms with Gasteiger partial charge in [0.25, 0.3) is 0 Å². The summed E-state index contributed by atoms with van der Waals surface area (Å²) in [7, 11) is 3.25. The van der Waals surface area contributed by atoms with Crippen LogP contribution in [0.3, 0.4) is 0 Å². The minimum atomic E-state index is 0.273. The molecule has 0 unspecified atom stereocenters. The highest BCUT2D eigenvalue weighted by atomic mass is 32.1. The molecule has 0 radical (unpaired) electrons. The van der Waals surface area contributed by atoms with Crippen LogP contribution in [0.4, 0.5) is 5.69 Å². The van der Waals surface area contributed by atoms with Crippen molar-refractivity contribution in [2.24, 2.45) is 5.92 Å². The Balaban J connectivity index is 2.18. The molecule has 1 aliphatic rings. The molecule has 1 aliphatic heterocycles. The Morgan fingerprint density at radius 3 is 2.50 bits per heavy atom. The van der Waals surface area contributed by atoms with E-state index >= 15 is 0 Å². The average Bonchev–Trinajstić information content (AvgIpc) is 2.93. The SMILES string of the molecule is COc1cccc(OC)c1NC(=S)[C@@H]1CCOC1. The van der Waals surface area contributed by atoms with Crippen molar-refractivity contribution in [1.29, 1.82) is 0 Å². The molecule has 1 fully saturated rings. The first-order valence-corrected chi connectivity index (χ1v) is 6.26. The molecule has 1 N–H and O–H groups in total. The van der Waals surface area contributed by atoms with Crippen molar-refractivity contribution in [3.8, 4) is 11.5 Å². The second kappa shape index (κ2) is 6.02. The topological polar surface area (TPSA) is 39.7 Å². The van der Waals surface area contributed by atoms with Crippen molar-refractivity contribution in [3.63, 3.8) is 0 Å². The highest BCUT2D eigenvalue weighted by Crippen LogP contribution is 2.35. The first kappa shape index (κ1) is 13.1. The summed E-state index contributed by atoms with van der Waals surface area (Å²) in [6.07, 6.45) is 0.962. The third kappa shape index (κ3) is 2.73. The molecule has 1 atom stereocenters. The zero-order valence-corrected chi connectivity index (χ0v) is 11.4. The number of hydrogen-bond donors (Lipinski definition) is 1. The van der Waals surface area contributed by atoms with Crippen molar-refractivity contribution in [2.45, 2.75) is 6.42 Å². The predicted octanol–water partition coefficient (Wildman–Crippen LogP) is 2.48. The number of benzene rings is 1. The van der Waals surface area contributed by atoms with E-state index in [0.717, 1.165) is 35.2 Å². The molecule has 0 amide bonds. The van der Waals surface area contributed by atoms with Gasteiger partial charge >= 0.3 is 0 Å². The number of hydrogen-bond acceptors (Lipinski definition) is 4. The lowest BCUT2D eigenvalue weighted by atomic mass is 10.1. The van der Waals surface area contributed by atoms with Crippen LogP contribution in [0.15, 0.2) is 18.2 Å². The number of anilines is 1. The quantitative estimate of drug-likeness (QED) is 0.849. The van der Waals surface area contributed by atoms with Gasteiger partial charge < -0.3 is 19.5 Å².